The monoisotopic (exact) mass is 603 g/mol. The van der Waals surface area contributed by atoms with Gasteiger partial charge in [-0.05, 0) is 55.6 Å². The van der Waals surface area contributed by atoms with Crippen LogP contribution in [0.1, 0.15) is 24.3 Å². The van der Waals surface area contributed by atoms with Gasteiger partial charge < -0.3 is 19.8 Å². The maximum atomic E-state index is 14.7. The lowest BCUT2D eigenvalue weighted by atomic mass is 9.89. The molecule has 0 radical (unpaired) electrons. The number of fused-ring (bicyclic) bond motifs is 3. The van der Waals surface area contributed by atoms with Crippen LogP contribution in [0.25, 0.3) is 27.6 Å². The lowest BCUT2D eigenvalue weighted by Gasteiger charge is -2.32. The third-order valence-corrected chi connectivity index (χ3v) is 8.91. The van der Waals surface area contributed by atoms with Crippen LogP contribution in [0.5, 0.6) is 5.75 Å². The number of benzene rings is 1. The van der Waals surface area contributed by atoms with E-state index in [0.717, 1.165) is 17.4 Å². The van der Waals surface area contributed by atoms with Crippen LogP contribution in [0.2, 0.25) is 0 Å². The number of likely N-dealkylation sites (tertiary alicyclic amines) is 1. The van der Waals surface area contributed by atoms with Gasteiger partial charge in [0.05, 0.1) is 18.6 Å². The lowest BCUT2D eigenvalue weighted by molar-refractivity contribution is 0.203. The van der Waals surface area contributed by atoms with E-state index in [9.17, 15) is 17.8 Å². The number of rotatable bonds is 9. The first-order valence-corrected chi connectivity index (χ1v) is 15.6. The van der Waals surface area contributed by atoms with Crippen LogP contribution < -0.4 is 15.3 Å². The van der Waals surface area contributed by atoms with E-state index >= 15 is 0 Å². The fourth-order valence-corrected chi connectivity index (χ4v) is 6.33. The molecule has 1 aliphatic rings. The molecular weight excluding hydrogens is 576 g/mol. The van der Waals surface area contributed by atoms with E-state index in [1.54, 1.807) is 23.0 Å². The summed E-state index contributed by atoms with van der Waals surface area (Å²) in [5, 5.41) is 4.38. The largest absolute Gasteiger partial charge is 0.490 e. The number of hydrogen-bond acceptors (Lipinski definition) is 10. The number of furan rings is 1. The number of ether oxygens (including phenoxy) is 1. The van der Waals surface area contributed by atoms with Gasteiger partial charge in [-0.1, -0.05) is 11.3 Å². The van der Waals surface area contributed by atoms with Crippen LogP contribution in [-0.4, -0.2) is 71.5 Å². The molecule has 0 aliphatic carbocycles. The normalized spacial score (nSPS) is 15.7. The Bertz CT molecular complexity index is 1790. The summed E-state index contributed by atoms with van der Waals surface area (Å²) in [5.74, 6) is -0.276. The van der Waals surface area contributed by atoms with Crippen molar-refractivity contribution >= 4 is 44.1 Å². The molecule has 1 saturated heterocycles. The molecule has 4 aromatic heterocycles. The number of nitrogen functional groups attached to an aromatic ring is 1. The standard InChI is InChI=1S/C26H27F2N7O4S2/c1-41(37)12-11-39-20-13-16(17(27)14-18(20)28)15-4-6-33(7-5-15)8-9-34-23-21(40-26(34)36)24-30-22(19-3-2-10-38-19)32-35(24)25(29)31-23/h2-3,10,13-15H,4-9,11-12H2,1H3,(H2,29,31). The van der Waals surface area contributed by atoms with Gasteiger partial charge in [0.1, 0.15) is 10.5 Å². The van der Waals surface area contributed by atoms with Crippen molar-refractivity contribution in [2.24, 2.45) is 0 Å². The molecule has 5 aromatic rings. The highest BCUT2D eigenvalue weighted by molar-refractivity contribution is 7.84. The number of hydrogen-bond donors (Lipinski definition) is 1. The highest BCUT2D eigenvalue weighted by atomic mass is 32.2. The van der Waals surface area contributed by atoms with Crippen molar-refractivity contribution in [1.29, 1.82) is 0 Å². The highest BCUT2D eigenvalue weighted by Crippen LogP contribution is 2.34. The quantitative estimate of drug-likeness (QED) is 0.269. The number of piperidine rings is 1. The van der Waals surface area contributed by atoms with Gasteiger partial charge in [0.25, 0.3) is 0 Å². The molecule has 1 fully saturated rings. The van der Waals surface area contributed by atoms with Crippen molar-refractivity contribution in [2.45, 2.75) is 25.3 Å². The van der Waals surface area contributed by atoms with Crippen molar-refractivity contribution in [3.63, 3.8) is 0 Å². The lowest BCUT2D eigenvalue weighted by Crippen LogP contribution is -2.36. The molecule has 41 heavy (non-hydrogen) atoms. The summed E-state index contributed by atoms with van der Waals surface area (Å²) >= 11 is 1.04. The topological polar surface area (TPSA) is 134 Å². The second kappa shape index (κ2) is 11.3. The molecule has 6 rings (SSSR count). The van der Waals surface area contributed by atoms with Crippen LogP contribution in [0, 0.1) is 11.6 Å². The Balaban J connectivity index is 1.14. The van der Waals surface area contributed by atoms with E-state index in [-0.39, 0.29) is 34.8 Å². The Morgan fingerprint density at radius 1 is 1.17 bits per heavy atom. The van der Waals surface area contributed by atoms with E-state index in [0.29, 0.717) is 72.2 Å². The second-order valence-corrected chi connectivity index (χ2v) is 12.4. The average molecular weight is 604 g/mol. The summed E-state index contributed by atoms with van der Waals surface area (Å²) in [7, 11) is -1.07. The molecule has 15 heteroatoms. The first-order valence-electron chi connectivity index (χ1n) is 13.0. The number of thiazole rings is 1. The molecule has 1 aromatic carbocycles. The molecule has 1 unspecified atom stereocenters. The molecule has 5 heterocycles. The molecule has 0 bridgehead atoms. The Hall–Kier alpha value is -3.69. The maximum absolute atomic E-state index is 14.7. The SMILES string of the molecule is CS(=O)CCOc1cc(C2CCN(CCn3c(=O)sc4c3nc(N)n3nc(-c5ccco5)nc43)CC2)c(F)cc1F. The fourth-order valence-electron chi connectivity index (χ4n) is 5.08. The van der Waals surface area contributed by atoms with Crippen molar-refractivity contribution < 1.29 is 22.1 Å². The van der Waals surface area contributed by atoms with E-state index in [2.05, 4.69) is 20.0 Å². The maximum Gasteiger partial charge on any atom is 0.309 e. The molecule has 216 valence electrons. The van der Waals surface area contributed by atoms with Crippen molar-refractivity contribution in [2.75, 3.05) is 44.0 Å². The van der Waals surface area contributed by atoms with Crippen LogP contribution in [-0.2, 0) is 17.3 Å². The van der Waals surface area contributed by atoms with Gasteiger partial charge in [0, 0.05) is 36.2 Å². The third kappa shape index (κ3) is 5.48. The van der Waals surface area contributed by atoms with Crippen LogP contribution in [0.4, 0.5) is 14.7 Å². The predicted octanol–water partition coefficient (Wildman–Crippen LogP) is 3.26. The Morgan fingerprint density at radius 2 is 1.98 bits per heavy atom. The first kappa shape index (κ1) is 27.5. The van der Waals surface area contributed by atoms with Gasteiger partial charge in [-0.3, -0.25) is 13.6 Å². The molecular formula is C26H27F2N7O4S2. The smallest absolute Gasteiger partial charge is 0.309 e. The zero-order valence-corrected chi connectivity index (χ0v) is 23.7. The number of anilines is 1. The van der Waals surface area contributed by atoms with E-state index in [1.807, 2.05) is 0 Å². The zero-order chi connectivity index (χ0) is 28.7. The number of aromatic nitrogens is 5. The van der Waals surface area contributed by atoms with Gasteiger partial charge >= 0.3 is 4.87 Å². The molecule has 0 saturated carbocycles. The second-order valence-electron chi connectivity index (χ2n) is 9.84. The van der Waals surface area contributed by atoms with Gasteiger partial charge in [0.2, 0.25) is 11.8 Å². The summed E-state index contributed by atoms with van der Waals surface area (Å²) in [6, 6.07) is 5.76. The Labute approximate surface area is 239 Å². The molecule has 1 atom stereocenters. The Morgan fingerprint density at radius 3 is 2.71 bits per heavy atom. The van der Waals surface area contributed by atoms with E-state index in [4.69, 9.17) is 14.9 Å². The van der Waals surface area contributed by atoms with Crippen molar-refractivity contribution in [3.8, 4) is 17.3 Å². The summed E-state index contributed by atoms with van der Waals surface area (Å²) < 4.78 is 54.6. The average Bonchev–Trinajstić information content (AvgIpc) is 3.68. The van der Waals surface area contributed by atoms with Crippen molar-refractivity contribution in [1.82, 2.24) is 29.0 Å². The predicted molar refractivity (Wildman–Crippen MR) is 152 cm³/mol. The van der Waals surface area contributed by atoms with Gasteiger partial charge in [-0.25, -0.2) is 13.8 Å². The number of nitrogens with zero attached hydrogens (tertiary/aromatic N) is 6. The Kier molecular flexibility index (Phi) is 7.57. The van der Waals surface area contributed by atoms with Crippen molar-refractivity contribution in [3.05, 3.63) is 57.4 Å². The number of nitrogens with two attached hydrogens (primary N) is 1. The van der Waals surface area contributed by atoms with Crippen LogP contribution in [0.3, 0.4) is 0 Å². The molecule has 0 amide bonds. The number of halogens is 2. The summed E-state index contributed by atoms with van der Waals surface area (Å²) in [5.41, 5.74) is 7.48. The molecule has 0 spiro atoms. The minimum absolute atomic E-state index is 0.0252. The zero-order valence-electron chi connectivity index (χ0n) is 22.1. The minimum Gasteiger partial charge on any atom is -0.490 e. The molecule has 11 nitrogen and oxygen atoms in total. The molecule has 2 N–H and O–H groups in total. The van der Waals surface area contributed by atoms with Gasteiger partial charge in [-0.2, -0.15) is 9.50 Å². The first-order chi connectivity index (χ1) is 19.8. The summed E-state index contributed by atoms with van der Waals surface area (Å²) in [6.07, 6.45) is 4.40. The van der Waals surface area contributed by atoms with E-state index < -0.39 is 22.4 Å². The minimum atomic E-state index is -1.07. The highest BCUT2D eigenvalue weighted by Gasteiger charge is 2.26. The molecule has 1 aliphatic heterocycles. The van der Waals surface area contributed by atoms with Gasteiger partial charge in [-0.15, -0.1) is 5.10 Å². The van der Waals surface area contributed by atoms with Gasteiger partial charge in [0.15, 0.2) is 28.6 Å². The summed E-state index contributed by atoms with van der Waals surface area (Å²) in [4.78, 5) is 24.0. The fraction of sp³-hybridized carbons (Fsp3) is 0.385. The van der Waals surface area contributed by atoms with E-state index in [1.165, 1.54) is 16.8 Å². The third-order valence-electron chi connectivity index (χ3n) is 7.20. The van der Waals surface area contributed by atoms with Crippen LogP contribution >= 0.6 is 11.3 Å². The summed E-state index contributed by atoms with van der Waals surface area (Å²) in [6.45, 7) is 2.44. The van der Waals surface area contributed by atoms with Crippen LogP contribution in [0.15, 0.2) is 39.7 Å².